The average Bonchev–Trinajstić information content (AvgIpc) is 2.31. The summed E-state index contributed by atoms with van der Waals surface area (Å²) < 4.78 is 6.73. The van der Waals surface area contributed by atoms with E-state index in [1.54, 1.807) is 0 Å². The molecule has 0 aromatic heterocycles. The molecular weight excluding hydrogens is 322 g/mol. The summed E-state index contributed by atoms with van der Waals surface area (Å²) in [5.74, 6) is 0.160. The fourth-order valence-corrected chi connectivity index (χ4v) is 3.70. The van der Waals surface area contributed by atoms with Crippen molar-refractivity contribution in [1.29, 1.82) is 0 Å². The summed E-state index contributed by atoms with van der Waals surface area (Å²) in [6, 6.07) is 0. The minimum Gasteiger partial charge on any atom is -0.369 e. The van der Waals surface area contributed by atoms with Crippen LogP contribution in [0.25, 0.3) is 0 Å². The minimum absolute atomic E-state index is 0.0193. The van der Waals surface area contributed by atoms with Gasteiger partial charge in [-0.3, -0.25) is 4.79 Å². The van der Waals surface area contributed by atoms with Crippen molar-refractivity contribution in [3.05, 3.63) is 0 Å². The van der Waals surface area contributed by atoms with Gasteiger partial charge >= 0.3 is 0 Å². The summed E-state index contributed by atoms with van der Waals surface area (Å²) in [7, 11) is 1.91. The summed E-state index contributed by atoms with van der Waals surface area (Å²) in [5, 5.41) is 0. The molecule has 0 radical (unpaired) electrons. The van der Waals surface area contributed by atoms with E-state index in [2.05, 4.69) is 76.2 Å². The van der Waals surface area contributed by atoms with Crippen LogP contribution in [0.15, 0.2) is 0 Å². The van der Waals surface area contributed by atoms with E-state index in [1.165, 1.54) is 0 Å². The van der Waals surface area contributed by atoms with Gasteiger partial charge in [0.15, 0.2) is 0 Å². The molecule has 3 nitrogen and oxygen atoms in total. The summed E-state index contributed by atoms with van der Waals surface area (Å²) in [6.07, 6.45) is 0.766. The van der Waals surface area contributed by atoms with Gasteiger partial charge in [-0.2, -0.15) is 0 Å². The first-order valence-corrected chi connectivity index (χ1v) is 9.96. The predicted octanol–water partition coefficient (Wildman–Crippen LogP) is 6.31. The van der Waals surface area contributed by atoms with E-state index in [9.17, 15) is 4.79 Å². The Morgan fingerprint density at radius 2 is 1.15 bits per heavy atom. The second-order valence-corrected chi connectivity index (χ2v) is 12.4. The molecule has 0 aliphatic heterocycles. The van der Waals surface area contributed by atoms with Gasteiger partial charge in [0, 0.05) is 18.0 Å². The molecule has 0 aromatic rings. The van der Waals surface area contributed by atoms with Crippen LogP contribution in [-0.2, 0) is 9.53 Å². The number of carbonyl (C=O) groups is 1. The molecule has 0 saturated carbocycles. The molecule has 0 saturated heterocycles. The van der Waals surface area contributed by atoms with Crippen molar-refractivity contribution in [2.75, 3.05) is 7.05 Å². The van der Waals surface area contributed by atoms with Crippen molar-refractivity contribution in [3.8, 4) is 0 Å². The van der Waals surface area contributed by atoms with Crippen molar-refractivity contribution < 1.29 is 9.53 Å². The molecule has 1 amide bonds. The number of ether oxygens (including phenoxy) is 1. The minimum atomic E-state index is -0.384. The number of hydrogen-bond donors (Lipinski definition) is 0. The second-order valence-electron chi connectivity index (χ2n) is 12.4. The Labute approximate surface area is 164 Å². The van der Waals surface area contributed by atoms with Crippen LogP contribution in [0.1, 0.15) is 103 Å². The van der Waals surface area contributed by atoms with Crippen LogP contribution in [0.4, 0.5) is 0 Å². The Bertz CT molecular complexity index is 499. The highest BCUT2D eigenvalue weighted by molar-refractivity contribution is 5.81. The maximum Gasteiger partial charge on any atom is 0.228 e. The van der Waals surface area contributed by atoms with Gasteiger partial charge in [0.05, 0.1) is 11.2 Å². The van der Waals surface area contributed by atoms with Gasteiger partial charge in [-0.1, -0.05) is 55.4 Å². The van der Waals surface area contributed by atoms with Crippen molar-refractivity contribution in [2.45, 2.75) is 120 Å². The SMILES string of the molecule is CN(C(=O)C(C)(C)C)C(C)(C)CC(C)(C)OC(C)(C)C(C)(C)C(C)(C)C. The zero-order valence-corrected chi connectivity index (χ0v) is 20.5. The van der Waals surface area contributed by atoms with E-state index in [4.69, 9.17) is 4.74 Å². The van der Waals surface area contributed by atoms with Crippen molar-refractivity contribution >= 4 is 5.91 Å². The summed E-state index contributed by atoms with van der Waals surface area (Å²) >= 11 is 0. The van der Waals surface area contributed by atoms with Gasteiger partial charge in [0.1, 0.15) is 0 Å². The first-order valence-electron chi connectivity index (χ1n) is 9.96. The van der Waals surface area contributed by atoms with Gasteiger partial charge in [-0.15, -0.1) is 0 Å². The molecule has 0 N–H and O–H groups in total. The van der Waals surface area contributed by atoms with Crippen molar-refractivity contribution in [3.63, 3.8) is 0 Å². The van der Waals surface area contributed by atoms with Gasteiger partial charge in [0.2, 0.25) is 5.91 Å². The number of rotatable bonds is 6. The molecule has 156 valence electrons. The highest BCUT2D eigenvalue weighted by atomic mass is 16.5. The highest BCUT2D eigenvalue weighted by Crippen LogP contribution is 2.50. The lowest BCUT2D eigenvalue weighted by Gasteiger charge is -2.54. The monoisotopic (exact) mass is 369 g/mol. The zero-order valence-electron chi connectivity index (χ0n) is 20.5. The largest absolute Gasteiger partial charge is 0.369 e. The van der Waals surface area contributed by atoms with E-state index in [0.29, 0.717) is 0 Å². The third kappa shape index (κ3) is 5.71. The number of hydrogen-bond acceptors (Lipinski definition) is 2. The summed E-state index contributed by atoms with van der Waals surface area (Å²) in [6.45, 7) is 30.2. The molecular formula is C23H47NO2. The molecule has 0 aliphatic carbocycles. The van der Waals surface area contributed by atoms with Crippen LogP contribution in [0, 0.1) is 16.2 Å². The maximum absolute atomic E-state index is 12.8. The van der Waals surface area contributed by atoms with E-state index < -0.39 is 0 Å². The molecule has 0 bridgehead atoms. The summed E-state index contributed by atoms with van der Waals surface area (Å²) in [4.78, 5) is 14.6. The van der Waals surface area contributed by atoms with Crippen LogP contribution in [0.2, 0.25) is 0 Å². The third-order valence-corrected chi connectivity index (χ3v) is 6.62. The Morgan fingerprint density at radius 3 is 1.46 bits per heavy atom. The fraction of sp³-hybridized carbons (Fsp3) is 0.957. The van der Waals surface area contributed by atoms with Crippen LogP contribution >= 0.6 is 0 Å². The van der Waals surface area contributed by atoms with Gasteiger partial charge in [0.25, 0.3) is 0 Å². The molecule has 0 rings (SSSR count). The van der Waals surface area contributed by atoms with E-state index in [1.807, 2.05) is 32.7 Å². The fourth-order valence-electron chi connectivity index (χ4n) is 3.70. The van der Waals surface area contributed by atoms with Crippen LogP contribution < -0.4 is 0 Å². The van der Waals surface area contributed by atoms with Gasteiger partial charge in [-0.25, -0.2) is 0 Å². The van der Waals surface area contributed by atoms with E-state index in [-0.39, 0.29) is 38.9 Å². The molecule has 0 aromatic carbocycles. The van der Waals surface area contributed by atoms with Gasteiger partial charge < -0.3 is 9.64 Å². The first kappa shape index (κ1) is 25.4. The second kappa shape index (κ2) is 7.11. The molecule has 26 heavy (non-hydrogen) atoms. The van der Waals surface area contributed by atoms with Gasteiger partial charge in [-0.05, 0) is 58.8 Å². The molecule has 0 aliphatic rings. The Hall–Kier alpha value is -0.570. The van der Waals surface area contributed by atoms with E-state index >= 15 is 0 Å². The molecule has 0 atom stereocenters. The molecule has 0 spiro atoms. The quantitative estimate of drug-likeness (QED) is 0.549. The lowest BCUT2D eigenvalue weighted by Crippen LogP contribution is -2.56. The first-order chi connectivity index (χ1) is 11.0. The average molecular weight is 370 g/mol. The van der Waals surface area contributed by atoms with Crippen LogP contribution in [-0.4, -0.2) is 34.6 Å². The predicted molar refractivity (Wildman–Crippen MR) is 113 cm³/mol. The van der Waals surface area contributed by atoms with Crippen molar-refractivity contribution in [2.24, 2.45) is 16.2 Å². The Morgan fingerprint density at radius 1 is 0.769 bits per heavy atom. The Balaban J connectivity index is 5.51. The standard InChI is InChI=1S/C23H47NO2/c1-18(2,3)17(25)24(15)20(7,8)16-21(9,10)26-23(13,14)22(11,12)19(4,5)6/h16H2,1-15H3. The highest BCUT2D eigenvalue weighted by Gasteiger charge is 2.49. The topological polar surface area (TPSA) is 29.5 Å². The number of nitrogens with zero attached hydrogens (tertiary/aromatic N) is 1. The van der Waals surface area contributed by atoms with Crippen molar-refractivity contribution in [1.82, 2.24) is 4.90 Å². The van der Waals surface area contributed by atoms with Crippen LogP contribution in [0.3, 0.4) is 0 Å². The third-order valence-electron chi connectivity index (χ3n) is 6.62. The summed E-state index contributed by atoms with van der Waals surface area (Å²) in [5.41, 5.74) is -1.25. The molecule has 0 heterocycles. The lowest BCUT2D eigenvalue weighted by molar-refractivity contribution is -0.209. The molecule has 0 fully saturated rings. The number of carbonyl (C=O) groups excluding carboxylic acids is 1. The van der Waals surface area contributed by atoms with E-state index in [0.717, 1.165) is 6.42 Å². The lowest BCUT2D eigenvalue weighted by atomic mass is 9.60. The zero-order chi connectivity index (χ0) is 21.6. The molecule has 0 unspecified atom stereocenters. The normalized spacial score (nSPS) is 15.2. The number of amides is 1. The van der Waals surface area contributed by atoms with Crippen LogP contribution in [0.5, 0.6) is 0 Å². The Kier molecular flexibility index (Phi) is 6.95. The maximum atomic E-state index is 12.8. The molecule has 3 heteroatoms. The smallest absolute Gasteiger partial charge is 0.228 e.